The van der Waals surface area contributed by atoms with Gasteiger partial charge >= 0.3 is 6.18 Å². The predicted octanol–water partition coefficient (Wildman–Crippen LogP) is 4.07. The van der Waals surface area contributed by atoms with Crippen LogP contribution < -0.4 is 5.43 Å². The lowest BCUT2D eigenvalue weighted by molar-refractivity contribution is -0.141. The Morgan fingerprint density at radius 2 is 1.76 bits per heavy atom. The molecule has 0 fully saturated rings. The van der Waals surface area contributed by atoms with Crippen LogP contribution in [0.25, 0.3) is 10.9 Å². The van der Waals surface area contributed by atoms with Gasteiger partial charge in [0.2, 0.25) is 0 Å². The largest absolute Gasteiger partial charge is 0.431 e. The summed E-state index contributed by atoms with van der Waals surface area (Å²) in [6.07, 6.45) is -4.57. The Kier molecular flexibility index (Phi) is 3.07. The molecule has 0 amide bonds. The van der Waals surface area contributed by atoms with Crippen LogP contribution in [0.3, 0.4) is 0 Å². The van der Waals surface area contributed by atoms with E-state index in [9.17, 15) is 18.0 Å². The van der Waals surface area contributed by atoms with E-state index in [1.54, 1.807) is 6.07 Å². The molecule has 7 heteroatoms. The van der Waals surface area contributed by atoms with Gasteiger partial charge in [0.05, 0.1) is 5.52 Å². The SMILES string of the molecule is O=c1cc(C(F)(F)F)[nH]c2c(Br)cc(Br)cc12. The molecule has 0 unspecified atom stereocenters. The zero-order chi connectivity index (χ0) is 12.8. The summed E-state index contributed by atoms with van der Waals surface area (Å²) in [6, 6.07) is 3.60. The maximum Gasteiger partial charge on any atom is 0.431 e. The number of rotatable bonds is 0. The van der Waals surface area contributed by atoms with Crippen LogP contribution in [-0.2, 0) is 6.18 Å². The second-order valence-corrected chi connectivity index (χ2v) is 5.13. The van der Waals surface area contributed by atoms with Crippen LogP contribution in [0.5, 0.6) is 0 Å². The van der Waals surface area contributed by atoms with Crippen molar-refractivity contribution in [2.75, 3.05) is 0 Å². The summed E-state index contributed by atoms with van der Waals surface area (Å²) in [4.78, 5) is 13.8. The van der Waals surface area contributed by atoms with Gasteiger partial charge in [0, 0.05) is 20.4 Å². The minimum atomic E-state index is -4.57. The van der Waals surface area contributed by atoms with Crippen molar-refractivity contribution in [1.82, 2.24) is 4.98 Å². The number of benzene rings is 1. The van der Waals surface area contributed by atoms with Gasteiger partial charge < -0.3 is 4.98 Å². The number of aromatic amines is 1. The first-order valence-corrected chi connectivity index (χ1v) is 5.97. The van der Waals surface area contributed by atoms with E-state index in [0.29, 0.717) is 15.0 Å². The summed E-state index contributed by atoms with van der Waals surface area (Å²) >= 11 is 6.29. The lowest BCUT2D eigenvalue weighted by Crippen LogP contribution is -2.14. The minimum Gasteiger partial charge on any atom is -0.350 e. The average molecular weight is 371 g/mol. The fourth-order valence-corrected chi connectivity index (χ4v) is 2.75. The normalized spacial score (nSPS) is 12.1. The highest BCUT2D eigenvalue weighted by Crippen LogP contribution is 2.30. The van der Waals surface area contributed by atoms with Crippen LogP contribution in [0.1, 0.15) is 5.69 Å². The minimum absolute atomic E-state index is 0.132. The number of alkyl halides is 3. The first-order chi connectivity index (χ1) is 7.79. The second kappa shape index (κ2) is 4.13. The molecule has 0 spiro atoms. The molecule has 0 saturated carbocycles. The van der Waals surface area contributed by atoms with E-state index in [2.05, 4.69) is 36.8 Å². The summed E-state index contributed by atoms with van der Waals surface area (Å²) < 4.78 is 38.5. The monoisotopic (exact) mass is 369 g/mol. The Morgan fingerprint density at radius 1 is 1.12 bits per heavy atom. The third kappa shape index (κ3) is 2.40. The van der Waals surface area contributed by atoms with E-state index in [0.717, 1.165) is 0 Å². The van der Waals surface area contributed by atoms with Crippen molar-refractivity contribution < 1.29 is 13.2 Å². The van der Waals surface area contributed by atoms with Crippen molar-refractivity contribution in [2.45, 2.75) is 6.18 Å². The van der Waals surface area contributed by atoms with Gasteiger partial charge in [-0.25, -0.2) is 0 Å². The molecule has 0 atom stereocenters. The van der Waals surface area contributed by atoms with Gasteiger partial charge in [-0.1, -0.05) is 15.9 Å². The van der Waals surface area contributed by atoms with Crippen molar-refractivity contribution in [3.63, 3.8) is 0 Å². The van der Waals surface area contributed by atoms with E-state index in [-0.39, 0.29) is 10.9 Å². The first kappa shape index (κ1) is 12.6. The average Bonchev–Trinajstić information content (AvgIpc) is 2.17. The van der Waals surface area contributed by atoms with Crippen LogP contribution in [0.2, 0.25) is 0 Å². The van der Waals surface area contributed by atoms with Crippen LogP contribution in [0, 0.1) is 0 Å². The summed E-state index contributed by atoms with van der Waals surface area (Å²) in [6.45, 7) is 0. The van der Waals surface area contributed by atoms with Crippen LogP contribution in [-0.4, -0.2) is 4.98 Å². The molecule has 2 nitrogen and oxygen atoms in total. The smallest absolute Gasteiger partial charge is 0.350 e. The number of halogens is 5. The molecule has 17 heavy (non-hydrogen) atoms. The summed E-state index contributed by atoms with van der Waals surface area (Å²) in [5.74, 6) is 0. The molecule has 1 aromatic carbocycles. The van der Waals surface area contributed by atoms with Gasteiger partial charge in [0.25, 0.3) is 0 Å². The molecule has 1 aromatic heterocycles. The van der Waals surface area contributed by atoms with Gasteiger partial charge in [-0.15, -0.1) is 0 Å². The number of hydrogen-bond donors (Lipinski definition) is 1. The summed E-state index contributed by atoms with van der Waals surface area (Å²) in [7, 11) is 0. The molecule has 0 bridgehead atoms. The Bertz CT molecular complexity index is 648. The van der Waals surface area contributed by atoms with E-state index in [1.165, 1.54) is 6.07 Å². The molecule has 0 aliphatic heterocycles. The highest BCUT2D eigenvalue weighted by atomic mass is 79.9. The van der Waals surface area contributed by atoms with Crippen molar-refractivity contribution in [1.29, 1.82) is 0 Å². The van der Waals surface area contributed by atoms with Gasteiger partial charge in [-0.05, 0) is 28.1 Å². The van der Waals surface area contributed by atoms with Crippen LogP contribution in [0.4, 0.5) is 13.2 Å². The highest BCUT2D eigenvalue weighted by molar-refractivity contribution is 9.11. The number of aromatic nitrogens is 1. The van der Waals surface area contributed by atoms with Crippen molar-refractivity contribution in [2.24, 2.45) is 0 Å². The molecule has 1 N–H and O–H groups in total. The van der Waals surface area contributed by atoms with Gasteiger partial charge in [0.1, 0.15) is 5.69 Å². The highest BCUT2D eigenvalue weighted by Gasteiger charge is 2.32. The Balaban J connectivity index is 2.88. The molecule has 1 heterocycles. The Labute approximate surface area is 110 Å². The quantitative estimate of drug-likeness (QED) is 0.744. The summed E-state index contributed by atoms with van der Waals surface area (Å²) in [5.41, 5.74) is -1.60. The Morgan fingerprint density at radius 3 is 2.35 bits per heavy atom. The van der Waals surface area contributed by atoms with E-state index < -0.39 is 17.3 Å². The number of hydrogen-bond acceptors (Lipinski definition) is 1. The molecule has 0 aliphatic rings. The molecule has 2 aromatic rings. The van der Waals surface area contributed by atoms with Gasteiger partial charge in [0.15, 0.2) is 5.43 Å². The molecule has 2 rings (SSSR count). The number of nitrogens with one attached hydrogen (secondary N) is 1. The van der Waals surface area contributed by atoms with E-state index in [4.69, 9.17) is 0 Å². The molecular weight excluding hydrogens is 367 g/mol. The van der Waals surface area contributed by atoms with Crippen molar-refractivity contribution in [3.05, 3.63) is 43.1 Å². The third-order valence-electron chi connectivity index (χ3n) is 2.16. The molecule has 0 saturated heterocycles. The maximum absolute atomic E-state index is 12.5. The zero-order valence-corrected chi connectivity index (χ0v) is 11.2. The van der Waals surface area contributed by atoms with Crippen molar-refractivity contribution >= 4 is 42.8 Å². The fourth-order valence-electron chi connectivity index (χ4n) is 1.43. The number of pyridine rings is 1. The topological polar surface area (TPSA) is 32.9 Å². The maximum atomic E-state index is 12.5. The van der Waals surface area contributed by atoms with Gasteiger partial charge in [-0.2, -0.15) is 13.2 Å². The second-order valence-electron chi connectivity index (χ2n) is 3.36. The van der Waals surface area contributed by atoms with E-state index >= 15 is 0 Å². The van der Waals surface area contributed by atoms with Gasteiger partial charge in [-0.3, -0.25) is 4.79 Å². The molecule has 90 valence electrons. The predicted molar refractivity (Wildman–Crippen MR) is 65.0 cm³/mol. The third-order valence-corrected chi connectivity index (χ3v) is 3.24. The first-order valence-electron chi connectivity index (χ1n) is 4.38. The van der Waals surface area contributed by atoms with Crippen LogP contribution >= 0.6 is 31.9 Å². The van der Waals surface area contributed by atoms with Crippen LogP contribution in [0.15, 0.2) is 31.9 Å². The standard InChI is InChI=1S/C10H4Br2F3NO/c11-4-1-5-7(17)3-8(10(13,14)15)16-9(5)6(12)2-4/h1-3H,(H,16,17). The molecule has 0 aliphatic carbocycles. The fraction of sp³-hybridized carbons (Fsp3) is 0.100. The lowest BCUT2D eigenvalue weighted by Gasteiger charge is -2.09. The molecule has 0 radical (unpaired) electrons. The summed E-state index contributed by atoms with van der Waals surface area (Å²) in [5, 5.41) is 0.194. The lowest BCUT2D eigenvalue weighted by atomic mass is 10.2. The Hall–Kier alpha value is -0.820. The van der Waals surface area contributed by atoms with E-state index in [1.807, 2.05) is 0 Å². The number of fused-ring (bicyclic) bond motifs is 1. The van der Waals surface area contributed by atoms with Crippen molar-refractivity contribution in [3.8, 4) is 0 Å². The zero-order valence-electron chi connectivity index (χ0n) is 8.03. The number of H-pyrrole nitrogens is 1. The molecular formula is C10H4Br2F3NO.